The third-order valence-electron chi connectivity index (χ3n) is 2.81. The highest BCUT2D eigenvalue weighted by Crippen LogP contribution is 2.15. The Balaban J connectivity index is 2.98. The number of aliphatic hydroxyl groups excluding tert-OH is 2. The van der Waals surface area contributed by atoms with Crippen molar-refractivity contribution in [3.05, 3.63) is 34.6 Å². The third kappa shape index (κ3) is 3.05. The molecular weight excluding hydrogens is 237 g/mol. The van der Waals surface area contributed by atoms with Gasteiger partial charge < -0.3 is 15.5 Å². The maximum absolute atomic E-state index is 13.4. The van der Waals surface area contributed by atoms with E-state index in [1.807, 2.05) is 0 Å². The van der Waals surface area contributed by atoms with Crippen molar-refractivity contribution in [2.24, 2.45) is 0 Å². The molecule has 0 unspecified atom stereocenters. The fourth-order valence-electron chi connectivity index (χ4n) is 1.55. The third-order valence-corrected chi connectivity index (χ3v) is 2.81. The number of aryl methyl sites for hydroxylation is 2. The number of rotatable bonds is 4. The molecule has 1 aromatic rings. The van der Waals surface area contributed by atoms with E-state index >= 15 is 0 Å². The number of carbonyl (C=O) groups excluding carboxylic acids is 1. The van der Waals surface area contributed by atoms with Crippen LogP contribution in [0.15, 0.2) is 12.1 Å². The van der Waals surface area contributed by atoms with E-state index in [2.05, 4.69) is 5.32 Å². The van der Waals surface area contributed by atoms with Crippen molar-refractivity contribution in [3.8, 4) is 0 Å². The van der Waals surface area contributed by atoms with Gasteiger partial charge in [-0.05, 0) is 44.0 Å². The van der Waals surface area contributed by atoms with Gasteiger partial charge in [-0.3, -0.25) is 4.79 Å². The number of hydrogen-bond donors (Lipinski definition) is 3. The van der Waals surface area contributed by atoms with Gasteiger partial charge in [0, 0.05) is 5.56 Å². The van der Waals surface area contributed by atoms with Crippen LogP contribution in [-0.2, 0) is 0 Å². The number of amides is 1. The van der Waals surface area contributed by atoms with Gasteiger partial charge in [0.2, 0.25) is 0 Å². The largest absolute Gasteiger partial charge is 0.394 e. The van der Waals surface area contributed by atoms with Crippen LogP contribution in [0.3, 0.4) is 0 Å². The first-order chi connectivity index (χ1) is 8.33. The van der Waals surface area contributed by atoms with Crippen LogP contribution in [0.25, 0.3) is 0 Å². The molecule has 0 spiro atoms. The number of hydrogen-bond acceptors (Lipinski definition) is 3. The molecule has 0 aliphatic heterocycles. The summed E-state index contributed by atoms with van der Waals surface area (Å²) in [7, 11) is 0. The first kappa shape index (κ1) is 14.6. The van der Waals surface area contributed by atoms with E-state index < -0.39 is 11.4 Å². The molecule has 0 saturated carbocycles. The molecule has 1 amide bonds. The van der Waals surface area contributed by atoms with E-state index in [4.69, 9.17) is 10.2 Å². The van der Waals surface area contributed by atoms with Crippen LogP contribution >= 0.6 is 0 Å². The molecule has 0 aliphatic rings. The Bertz CT molecular complexity index is 433. The van der Waals surface area contributed by atoms with Gasteiger partial charge in [0.15, 0.2) is 0 Å². The summed E-state index contributed by atoms with van der Waals surface area (Å²) in [5, 5.41) is 20.7. The minimum Gasteiger partial charge on any atom is -0.394 e. The second-order valence-electron chi connectivity index (χ2n) is 4.76. The lowest BCUT2D eigenvalue weighted by Gasteiger charge is -2.26. The van der Waals surface area contributed by atoms with E-state index in [1.165, 1.54) is 19.1 Å². The Morgan fingerprint density at radius 1 is 1.28 bits per heavy atom. The summed E-state index contributed by atoms with van der Waals surface area (Å²) in [5.74, 6) is -0.787. The fourth-order valence-corrected chi connectivity index (χ4v) is 1.55. The summed E-state index contributed by atoms with van der Waals surface area (Å²) in [6.45, 7) is 3.92. The number of carbonyl (C=O) groups is 1. The molecule has 4 nitrogen and oxygen atoms in total. The molecule has 5 heteroatoms. The van der Waals surface area contributed by atoms with Crippen molar-refractivity contribution in [1.82, 2.24) is 5.32 Å². The van der Waals surface area contributed by atoms with Crippen LogP contribution in [0.2, 0.25) is 0 Å². The van der Waals surface area contributed by atoms with Gasteiger partial charge >= 0.3 is 0 Å². The normalized spacial score (nSPS) is 11.4. The predicted octanol–water partition coefficient (Wildman–Crippen LogP) is 0.916. The topological polar surface area (TPSA) is 69.6 Å². The van der Waals surface area contributed by atoms with Gasteiger partial charge in [0.25, 0.3) is 5.91 Å². The average molecular weight is 255 g/mol. The second-order valence-corrected chi connectivity index (χ2v) is 4.76. The van der Waals surface area contributed by atoms with Crippen molar-refractivity contribution in [3.63, 3.8) is 0 Å². The van der Waals surface area contributed by atoms with E-state index in [-0.39, 0.29) is 19.0 Å². The maximum Gasteiger partial charge on any atom is 0.251 e. The first-order valence-electron chi connectivity index (χ1n) is 5.64. The van der Waals surface area contributed by atoms with E-state index in [0.717, 1.165) is 0 Å². The minimum atomic E-state index is -1.09. The number of halogens is 1. The molecule has 0 aliphatic carbocycles. The molecule has 0 radical (unpaired) electrons. The standard InChI is InChI=1S/C13H18FNO3/c1-8-4-10(5-9(2)11(8)14)12(18)15-13(3,6-16)7-17/h4-5,16-17H,6-7H2,1-3H3,(H,15,18). The predicted molar refractivity (Wildman–Crippen MR) is 65.9 cm³/mol. The molecule has 1 aromatic carbocycles. The first-order valence-corrected chi connectivity index (χ1v) is 5.64. The van der Waals surface area contributed by atoms with Crippen LogP contribution in [-0.4, -0.2) is 34.9 Å². The van der Waals surface area contributed by atoms with Crippen LogP contribution in [0, 0.1) is 19.7 Å². The van der Waals surface area contributed by atoms with Crippen molar-refractivity contribution in [2.75, 3.05) is 13.2 Å². The van der Waals surface area contributed by atoms with Crippen LogP contribution in [0.5, 0.6) is 0 Å². The maximum atomic E-state index is 13.4. The van der Waals surface area contributed by atoms with Gasteiger partial charge in [-0.1, -0.05) is 0 Å². The summed E-state index contributed by atoms with van der Waals surface area (Å²) < 4.78 is 13.4. The molecule has 3 N–H and O–H groups in total. The van der Waals surface area contributed by atoms with Crippen LogP contribution in [0.4, 0.5) is 4.39 Å². The summed E-state index contributed by atoms with van der Waals surface area (Å²) >= 11 is 0. The molecular formula is C13H18FNO3. The highest BCUT2D eigenvalue weighted by atomic mass is 19.1. The number of nitrogens with one attached hydrogen (secondary N) is 1. The van der Waals surface area contributed by atoms with Crippen molar-refractivity contribution in [2.45, 2.75) is 26.3 Å². The zero-order valence-electron chi connectivity index (χ0n) is 10.7. The van der Waals surface area contributed by atoms with E-state index in [1.54, 1.807) is 13.8 Å². The SMILES string of the molecule is Cc1cc(C(=O)NC(C)(CO)CO)cc(C)c1F. The van der Waals surface area contributed by atoms with E-state index in [9.17, 15) is 9.18 Å². The van der Waals surface area contributed by atoms with Gasteiger partial charge in [-0.25, -0.2) is 4.39 Å². The monoisotopic (exact) mass is 255 g/mol. The fraction of sp³-hybridized carbons (Fsp3) is 0.462. The summed E-state index contributed by atoms with van der Waals surface area (Å²) in [6, 6.07) is 2.87. The van der Waals surface area contributed by atoms with Crippen molar-refractivity contribution < 1.29 is 19.4 Å². The summed E-state index contributed by atoms with van der Waals surface area (Å²) in [4.78, 5) is 11.9. The van der Waals surface area contributed by atoms with Crippen LogP contribution in [0.1, 0.15) is 28.4 Å². The van der Waals surface area contributed by atoms with Gasteiger partial charge in [0.05, 0.1) is 18.8 Å². The lowest BCUT2D eigenvalue weighted by atomic mass is 10.0. The molecule has 100 valence electrons. The Kier molecular flexibility index (Phi) is 4.43. The zero-order chi connectivity index (χ0) is 13.9. The molecule has 0 fully saturated rings. The molecule has 18 heavy (non-hydrogen) atoms. The van der Waals surface area contributed by atoms with Gasteiger partial charge in [-0.2, -0.15) is 0 Å². The molecule has 0 saturated heterocycles. The highest BCUT2D eigenvalue weighted by molar-refractivity contribution is 5.95. The Hall–Kier alpha value is -1.46. The van der Waals surface area contributed by atoms with Crippen molar-refractivity contribution >= 4 is 5.91 Å². The Morgan fingerprint density at radius 2 is 1.72 bits per heavy atom. The molecule has 0 bridgehead atoms. The smallest absolute Gasteiger partial charge is 0.251 e. The Morgan fingerprint density at radius 3 is 2.11 bits per heavy atom. The van der Waals surface area contributed by atoms with Crippen molar-refractivity contribution in [1.29, 1.82) is 0 Å². The average Bonchev–Trinajstić information content (AvgIpc) is 2.35. The number of benzene rings is 1. The molecule has 0 heterocycles. The van der Waals surface area contributed by atoms with E-state index in [0.29, 0.717) is 16.7 Å². The number of aliphatic hydroxyl groups is 2. The molecule has 0 aromatic heterocycles. The highest BCUT2D eigenvalue weighted by Gasteiger charge is 2.25. The quantitative estimate of drug-likeness (QED) is 0.749. The minimum absolute atomic E-state index is 0.305. The lowest BCUT2D eigenvalue weighted by Crippen LogP contribution is -2.51. The van der Waals surface area contributed by atoms with Crippen LogP contribution < -0.4 is 5.32 Å². The summed E-state index contributed by atoms with van der Waals surface area (Å²) in [5.41, 5.74) is -0.0166. The summed E-state index contributed by atoms with van der Waals surface area (Å²) in [6.07, 6.45) is 0. The lowest BCUT2D eigenvalue weighted by molar-refractivity contribution is 0.0723. The van der Waals surface area contributed by atoms with Gasteiger partial charge in [-0.15, -0.1) is 0 Å². The molecule has 0 atom stereocenters. The zero-order valence-corrected chi connectivity index (χ0v) is 10.7. The molecule has 1 rings (SSSR count). The second kappa shape index (κ2) is 5.46. The Labute approximate surface area is 105 Å². The van der Waals surface area contributed by atoms with Gasteiger partial charge in [0.1, 0.15) is 5.82 Å².